The van der Waals surface area contributed by atoms with Gasteiger partial charge in [0.05, 0.1) is 0 Å². The second-order valence-corrected chi connectivity index (χ2v) is 5.99. The lowest BCUT2D eigenvalue weighted by molar-refractivity contribution is -0.127. The molecule has 0 aromatic heterocycles. The van der Waals surface area contributed by atoms with E-state index in [0.29, 0.717) is 24.4 Å². The molecule has 114 valence electrons. The van der Waals surface area contributed by atoms with Crippen molar-refractivity contribution in [1.82, 2.24) is 10.6 Å². The van der Waals surface area contributed by atoms with Crippen LogP contribution < -0.4 is 15.4 Å². The average molecular weight is 292 g/mol. The maximum absolute atomic E-state index is 13.6. The van der Waals surface area contributed by atoms with E-state index in [4.69, 9.17) is 4.74 Å². The number of rotatable bonds is 7. The Morgan fingerprint density at radius 3 is 2.67 bits per heavy atom. The first kappa shape index (κ1) is 14.3. The van der Waals surface area contributed by atoms with E-state index in [1.54, 1.807) is 13.0 Å². The SMILES string of the molecule is CC(Oc1cc(F)cc(CNC2CC2)c1)C(=O)NC1CC1. The van der Waals surface area contributed by atoms with Gasteiger partial charge in [-0.2, -0.15) is 0 Å². The summed E-state index contributed by atoms with van der Waals surface area (Å²) < 4.78 is 19.2. The molecule has 2 fully saturated rings. The van der Waals surface area contributed by atoms with Crippen LogP contribution in [0.25, 0.3) is 0 Å². The summed E-state index contributed by atoms with van der Waals surface area (Å²) in [6.07, 6.45) is 3.84. The molecule has 1 amide bonds. The average Bonchev–Trinajstić information content (AvgIpc) is 3.31. The lowest BCUT2D eigenvalue weighted by Crippen LogP contribution is -2.37. The lowest BCUT2D eigenvalue weighted by Gasteiger charge is -2.15. The second-order valence-electron chi connectivity index (χ2n) is 5.99. The number of amides is 1. The van der Waals surface area contributed by atoms with Crippen molar-refractivity contribution in [3.63, 3.8) is 0 Å². The third-order valence-corrected chi connectivity index (χ3v) is 3.71. The van der Waals surface area contributed by atoms with Crippen LogP contribution in [-0.2, 0) is 11.3 Å². The molecule has 5 heteroatoms. The van der Waals surface area contributed by atoms with Crippen LogP contribution in [0.5, 0.6) is 5.75 Å². The van der Waals surface area contributed by atoms with Crippen molar-refractivity contribution in [2.24, 2.45) is 0 Å². The van der Waals surface area contributed by atoms with Gasteiger partial charge in [0.1, 0.15) is 11.6 Å². The van der Waals surface area contributed by atoms with Gasteiger partial charge in [0.2, 0.25) is 0 Å². The van der Waals surface area contributed by atoms with E-state index in [9.17, 15) is 9.18 Å². The molecule has 2 aliphatic carbocycles. The summed E-state index contributed by atoms with van der Waals surface area (Å²) in [4.78, 5) is 11.8. The number of ether oxygens (including phenoxy) is 1. The Balaban J connectivity index is 1.58. The Labute approximate surface area is 124 Å². The summed E-state index contributed by atoms with van der Waals surface area (Å²) in [5.41, 5.74) is 0.840. The molecule has 2 aliphatic rings. The van der Waals surface area contributed by atoms with Gasteiger partial charge in [-0.1, -0.05) is 0 Å². The Bertz CT molecular complexity index is 527. The van der Waals surface area contributed by atoms with E-state index < -0.39 is 6.10 Å². The molecule has 1 atom stereocenters. The largest absolute Gasteiger partial charge is 0.481 e. The van der Waals surface area contributed by atoms with Gasteiger partial charge in [0.25, 0.3) is 5.91 Å². The van der Waals surface area contributed by atoms with Gasteiger partial charge in [0.15, 0.2) is 6.10 Å². The molecule has 1 aromatic carbocycles. The molecule has 1 unspecified atom stereocenters. The van der Waals surface area contributed by atoms with Crippen LogP contribution in [0.2, 0.25) is 0 Å². The summed E-state index contributed by atoms with van der Waals surface area (Å²) in [6, 6.07) is 5.48. The van der Waals surface area contributed by atoms with E-state index in [1.807, 2.05) is 0 Å². The number of nitrogens with one attached hydrogen (secondary N) is 2. The highest BCUT2D eigenvalue weighted by molar-refractivity contribution is 5.81. The van der Waals surface area contributed by atoms with E-state index in [0.717, 1.165) is 18.4 Å². The summed E-state index contributed by atoms with van der Waals surface area (Å²) in [5.74, 6) is -0.0737. The number of carbonyl (C=O) groups is 1. The summed E-state index contributed by atoms with van der Waals surface area (Å²) in [6.45, 7) is 2.31. The van der Waals surface area contributed by atoms with Crippen LogP contribution in [-0.4, -0.2) is 24.1 Å². The molecule has 2 saturated carbocycles. The van der Waals surface area contributed by atoms with E-state index in [-0.39, 0.29) is 11.7 Å². The first-order valence-electron chi connectivity index (χ1n) is 7.60. The standard InChI is InChI=1S/C16H21FN2O2/c1-10(16(20)19-14-4-5-14)21-15-7-11(6-12(17)8-15)9-18-13-2-3-13/h6-8,10,13-14,18H,2-5,9H2,1H3,(H,19,20). The minimum absolute atomic E-state index is 0.139. The van der Waals surface area contributed by atoms with E-state index >= 15 is 0 Å². The second kappa shape index (κ2) is 6.02. The van der Waals surface area contributed by atoms with Crippen molar-refractivity contribution in [2.45, 2.75) is 57.3 Å². The predicted molar refractivity (Wildman–Crippen MR) is 77.5 cm³/mol. The first-order chi connectivity index (χ1) is 10.1. The molecular formula is C16H21FN2O2. The predicted octanol–water partition coefficient (Wildman–Crippen LogP) is 2.12. The van der Waals surface area contributed by atoms with Crippen LogP contribution in [0, 0.1) is 5.82 Å². The highest BCUT2D eigenvalue weighted by Crippen LogP contribution is 2.22. The zero-order valence-corrected chi connectivity index (χ0v) is 12.2. The maximum atomic E-state index is 13.6. The zero-order chi connectivity index (χ0) is 14.8. The Morgan fingerprint density at radius 1 is 1.29 bits per heavy atom. The first-order valence-corrected chi connectivity index (χ1v) is 7.60. The summed E-state index contributed by atoms with van der Waals surface area (Å²) in [7, 11) is 0. The molecular weight excluding hydrogens is 271 g/mol. The minimum Gasteiger partial charge on any atom is -0.481 e. The van der Waals surface area contributed by atoms with Gasteiger partial charge in [-0.3, -0.25) is 4.79 Å². The van der Waals surface area contributed by atoms with Crippen LogP contribution >= 0.6 is 0 Å². The highest BCUT2D eigenvalue weighted by Gasteiger charge is 2.26. The molecule has 1 aromatic rings. The number of carbonyl (C=O) groups excluding carboxylic acids is 1. The van der Waals surface area contributed by atoms with Crippen molar-refractivity contribution in [3.8, 4) is 5.75 Å². The van der Waals surface area contributed by atoms with Crippen LogP contribution in [0.4, 0.5) is 4.39 Å². The van der Waals surface area contributed by atoms with Gasteiger partial charge in [0, 0.05) is 24.7 Å². The van der Waals surface area contributed by atoms with Crippen molar-refractivity contribution in [1.29, 1.82) is 0 Å². The molecule has 21 heavy (non-hydrogen) atoms. The summed E-state index contributed by atoms with van der Waals surface area (Å²) in [5, 5.41) is 6.22. The third kappa shape index (κ3) is 4.43. The number of halogens is 1. The van der Waals surface area contributed by atoms with Crippen molar-refractivity contribution >= 4 is 5.91 Å². The quantitative estimate of drug-likeness (QED) is 0.809. The van der Waals surface area contributed by atoms with Crippen LogP contribution in [0.15, 0.2) is 18.2 Å². The monoisotopic (exact) mass is 292 g/mol. The molecule has 0 aliphatic heterocycles. The van der Waals surface area contributed by atoms with E-state index in [1.165, 1.54) is 25.0 Å². The minimum atomic E-state index is -0.614. The normalized spacial score (nSPS) is 19.1. The molecule has 0 radical (unpaired) electrons. The molecule has 0 spiro atoms. The molecule has 0 heterocycles. The van der Waals surface area contributed by atoms with Crippen molar-refractivity contribution < 1.29 is 13.9 Å². The third-order valence-electron chi connectivity index (χ3n) is 3.71. The van der Waals surface area contributed by atoms with Crippen molar-refractivity contribution in [2.75, 3.05) is 0 Å². The van der Waals surface area contributed by atoms with Gasteiger partial charge < -0.3 is 15.4 Å². The van der Waals surface area contributed by atoms with Gasteiger partial charge in [-0.25, -0.2) is 4.39 Å². The molecule has 2 N–H and O–H groups in total. The molecule has 3 rings (SSSR count). The summed E-state index contributed by atoms with van der Waals surface area (Å²) >= 11 is 0. The van der Waals surface area contributed by atoms with Gasteiger partial charge in [-0.05, 0) is 50.3 Å². The zero-order valence-electron chi connectivity index (χ0n) is 12.2. The molecule has 0 saturated heterocycles. The maximum Gasteiger partial charge on any atom is 0.260 e. The Hall–Kier alpha value is -1.62. The fourth-order valence-electron chi connectivity index (χ4n) is 2.14. The van der Waals surface area contributed by atoms with Gasteiger partial charge in [-0.15, -0.1) is 0 Å². The number of benzene rings is 1. The van der Waals surface area contributed by atoms with E-state index in [2.05, 4.69) is 10.6 Å². The lowest BCUT2D eigenvalue weighted by atomic mass is 10.2. The Morgan fingerprint density at radius 2 is 2.00 bits per heavy atom. The van der Waals surface area contributed by atoms with Gasteiger partial charge >= 0.3 is 0 Å². The highest BCUT2D eigenvalue weighted by atomic mass is 19.1. The molecule has 4 nitrogen and oxygen atoms in total. The topological polar surface area (TPSA) is 50.4 Å². The fourth-order valence-corrected chi connectivity index (χ4v) is 2.14. The number of hydrogen-bond donors (Lipinski definition) is 2. The fraction of sp³-hybridized carbons (Fsp3) is 0.562. The molecule has 0 bridgehead atoms. The van der Waals surface area contributed by atoms with Crippen LogP contribution in [0.1, 0.15) is 38.2 Å². The Kier molecular flexibility index (Phi) is 4.10. The smallest absolute Gasteiger partial charge is 0.260 e. The number of hydrogen-bond acceptors (Lipinski definition) is 3. The van der Waals surface area contributed by atoms with Crippen LogP contribution in [0.3, 0.4) is 0 Å². The van der Waals surface area contributed by atoms with Crippen molar-refractivity contribution in [3.05, 3.63) is 29.6 Å².